The molecule has 0 unspecified atom stereocenters. The lowest BCUT2D eigenvalue weighted by molar-refractivity contribution is -0.147. The summed E-state index contributed by atoms with van der Waals surface area (Å²) >= 11 is 0. The van der Waals surface area contributed by atoms with Gasteiger partial charge in [-0.2, -0.15) is 0 Å². The Bertz CT molecular complexity index is 533. The quantitative estimate of drug-likeness (QED) is 0.717. The third-order valence-corrected chi connectivity index (χ3v) is 2.50. The highest BCUT2D eigenvalue weighted by Crippen LogP contribution is 2.12. The highest BCUT2D eigenvalue weighted by Gasteiger charge is 2.17. The Morgan fingerprint density at radius 2 is 1.62 bits per heavy atom. The van der Waals surface area contributed by atoms with E-state index in [0.717, 1.165) is 11.0 Å². The number of carboxylic acid groups (broad SMARTS) is 2. The van der Waals surface area contributed by atoms with Crippen LogP contribution in [0.5, 0.6) is 5.75 Å². The predicted molar refractivity (Wildman–Crippen MR) is 73.9 cm³/mol. The van der Waals surface area contributed by atoms with Crippen molar-refractivity contribution in [2.75, 3.05) is 20.2 Å². The van der Waals surface area contributed by atoms with E-state index in [-0.39, 0.29) is 0 Å². The van der Waals surface area contributed by atoms with Crippen molar-refractivity contribution < 1.29 is 29.3 Å². The van der Waals surface area contributed by atoms with Crippen molar-refractivity contribution in [2.24, 2.45) is 0 Å². The second-order valence-corrected chi connectivity index (χ2v) is 4.09. The monoisotopic (exact) mass is 293 g/mol. The van der Waals surface area contributed by atoms with Crippen LogP contribution in [0.1, 0.15) is 5.56 Å². The molecule has 0 aliphatic carbocycles. The zero-order chi connectivity index (χ0) is 15.8. The Hall–Kier alpha value is -2.83. The normalized spacial score (nSPS) is 10.3. The third kappa shape index (κ3) is 5.77. The van der Waals surface area contributed by atoms with Gasteiger partial charge in [0.2, 0.25) is 5.91 Å². The van der Waals surface area contributed by atoms with Crippen molar-refractivity contribution in [1.82, 2.24) is 4.90 Å². The molecule has 7 nitrogen and oxygen atoms in total. The fraction of sp³-hybridized carbons (Fsp3) is 0.214. The number of ether oxygens (including phenoxy) is 1. The summed E-state index contributed by atoms with van der Waals surface area (Å²) in [5.41, 5.74) is 0.703. The van der Waals surface area contributed by atoms with E-state index >= 15 is 0 Å². The molecule has 1 amide bonds. The number of hydrogen-bond donors (Lipinski definition) is 2. The maximum atomic E-state index is 11.8. The lowest BCUT2D eigenvalue weighted by atomic mass is 10.2. The van der Waals surface area contributed by atoms with Crippen LogP contribution in [0, 0.1) is 0 Å². The topological polar surface area (TPSA) is 104 Å². The van der Waals surface area contributed by atoms with E-state index in [9.17, 15) is 14.4 Å². The zero-order valence-electron chi connectivity index (χ0n) is 11.4. The number of rotatable bonds is 7. The maximum absolute atomic E-state index is 11.8. The molecule has 0 radical (unpaired) electrons. The Balaban J connectivity index is 2.76. The molecule has 1 aromatic carbocycles. The van der Waals surface area contributed by atoms with Crippen LogP contribution in [0.3, 0.4) is 0 Å². The highest BCUT2D eigenvalue weighted by atomic mass is 16.5. The molecule has 0 heterocycles. The molecule has 2 N–H and O–H groups in total. The third-order valence-electron chi connectivity index (χ3n) is 2.50. The summed E-state index contributed by atoms with van der Waals surface area (Å²) in [6.07, 6.45) is 2.60. The van der Waals surface area contributed by atoms with E-state index in [1.54, 1.807) is 24.3 Å². The van der Waals surface area contributed by atoms with Crippen molar-refractivity contribution in [2.45, 2.75) is 0 Å². The van der Waals surface area contributed by atoms with E-state index < -0.39 is 30.9 Å². The molecule has 1 aromatic rings. The van der Waals surface area contributed by atoms with Crippen LogP contribution in [-0.2, 0) is 14.4 Å². The fourth-order valence-corrected chi connectivity index (χ4v) is 1.53. The molecule has 7 heteroatoms. The predicted octanol–water partition coefficient (Wildman–Crippen LogP) is 0.706. The lowest BCUT2D eigenvalue weighted by Gasteiger charge is -2.16. The number of benzene rings is 1. The van der Waals surface area contributed by atoms with Gasteiger partial charge in [0.05, 0.1) is 7.11 Å². The van der Waals surface area contributed by atoms with Crippen molar-refractivity contribution >= 4 is 23.9 Å². The minimum Gasteiger partial charge on any atom is -0.497 e. The number of aliphatic carboxylic acids is 2. The van der Waals surface area contributed by atoms with Crippen LogP contribution < -0.4 is 4.74 Å². The van der Waals surface area contributed by atoms with Gasteiger partial charge in [-0.15, -0.1) is 0 Å². The van der Waals surface area contributed by atoms with Gasteiger partial charge in [0.1, 0.15) is 18.8 Å². The van der Waals surface area contributed by atoms with E-state index in [4.69, 9.17) is 14.9 Å². The first-order valence-electron chi connectivity index (χ1n) is 5.97. The van der Waals surface area contributed by atoms with Gasteiger partial charge in [-0.25, -0.2) is 0 Å². The molecule has 21 heavy (non-hydrogen) atoms. The molecule has 0 fully saturated rings. The summed E-state index contributed by atoms with van der Waals surface area (Å²) in [5.74, 6) is -2.57. The van der Waals surface area contributed by atoms with Crippen LogP contribution in [0.25, 0.3) is 6.08 Å². The number of carbonyl (C=O) groups excluding carboxylic acids is 1. The average molecular weight is 293 g/mol. The van der Waals surface area contributed by atoms with Crippen molar-refractivity contribution in [3.63, 3.8) is 0 Å². The molecule has 0 aliphatic rings. The first-order chi connectivity index (χ1) is 9.92. The molecular weight excluding hydrogens is 278 g/mol. The first kappa shape index (κ1) is 16.2. The largest absolute Gasteiger partial charge is 0.497 e. The summed E-state index contributed by atoms with van der Waals surface area (Å²) in [5, 5.41) is 17.3. The van der Waals surface area contributed by atoms with Crippen LogP contribution >= 0.6 is 0 Å². The zero-order valence-corrected chi connectivity index (χ0v) is 11.4. The van der Waals surface area contributed by atoms with Crippen molar-refractivity contribution in [3.05, 3.63) is 35.9 Å². The molecule has 0 saturated carbocycles. The molecular formula is C14H15NO6. The molecule has 0 bridgehead atoms. The standard InChI is InChI=1S/C14H15NO6/c1-21-11-5-2-10(3-6-11)4-7-12(16)15(8-13(17)18)9-14(19)20/h2-7H,8-9H2,1H3,(H,17,18)(H,19,20). The van der Waals surface area contributed by atoms with Crippen molar-refractivity contribution in [3.8, 4) is 5.75 Å². The van der Waals surface area contributed by atoms with E-state index in [0.29, 0.717) is 11.3 Å². The Labute approximate surface area is 121 Å². The summed E-state index contributed by atoms with van der Waals surface area (Å²) in [7, 11) is 1.53. The van der Waals surface area contributed by atoms with Gasteiger partial charge in [0.25, 0.3) is 0 Å². The van der Waals surface area contributed by atoms with Gasteiger partial charge in [-0.05, 0) is 23.8 Å². The lowest BCUT2D eigenvalue weighted by Crippen LogP contribution is -2.38. The average Bonchev–Trinajstić information content (AvgIpc) is 2.43. The summed E-state index contributed by atoms with van der Waals surface area (Å²) < 4.78 is 4.99. The van der Waals surface area contributed by atoms with Crippen LogP contribution in [0.15, 0.2) is 30.3 Å². The second-order valence-electron chi connectivity index (χ2n) is 4.09. The minimum absolute atomic E-state index is 0.664. The molecule has 0 atom stereocenters. The van der Waals surface area contributed by atoms with E-state index in [2.05, 4.69) is 0 Å². The summed E-state index contributed by atoms with van der Waals surface area (Å²) in [6.45, 7) is -1.34. The minimum atomic E-state index is -1.28. The molecule has 1 rings (SSSR count). The van der Waals surface area contributed by atoms with Gasteiger partial charge >= 0.3 is 11.9 Å². The van der Waals surface area contributed by atoms with Gasteiger partial charge in [0, 0.05) is 6.08 Å². The number of amides is 1. The Morgan fingerprint density at radius 1 is 1.10 bits per heavy atom. The molecule has 112 valence electrons. The maximum Gasteiger partial charge on any atom is 0.323 e. The second kappa shape index (κ2) is 7.68. The molecule has 0 saturated heterocycles. The highest BCUT2D eigenvalue weighted by molar-refractivity contribution is 5.95. The number of hydrogen-bond acceptors (Lipinski definition) is 4. The number of nitrogens with zero attached hydrogens (tertiary/aromatic N) is 1. The number of carbonyl (C=O) groups is 3. The van der Waals surface area contributed by atoms with Gasteiger partial charge in [-0.3, -0.25) is 14.4 Å². The van der Waals surface area contributed by atoms with Crippen LogP contribution in [0.2, 0.25) is 0 Å². The summed E-state index contributed by atoms with van der Waals surface area (Å²) in [6, 6.07) is 6.83. The summed E-state index contributed by atoms with van der Waals surface area (Å²) in [4.78, 5) is 33.8. The Morgan fingerprint density at radius 3 is 2.05 bits per heavy atom. The smallest absolute Gasteiger partial charge is 0.323 e. The Kier molecular flexibility index (Phi) is 5.94. The SMILES string of the molecule is COc1ccc(C=CC(=O)N(CC(=O)O)CC(=O)O)cc1. The molecule has 0 aliphatic heterocycles. The fourth-order valence-electron chi connectivity index (χ4n) is 1.53. The van der Waals surface area contributed by atoms with Crippen molar-refractivity contribution in [1.29, 1.82) is 0 Å². The number of carboxylic acids is 2. The van der Waals surface area contributed by atoms with Gasteiger partial charge < -0.3 is 19.8 Å². The first-order valence-corrected chi connectivity index (χ1v) is 5.97. The van der Waals surface area contributed by atoms with Crippen LogP contribution in [-0.4, -0.2) is 53.2 Å². The molecule has 0 aromatic heterocycles. The van der Waals surface area contributed by atoms with E-state index in [1.165, 1.54) is 13.2 Å². The van der Waals surface area contributed by atoms with E-state index in [1.807, 2.05) is 0 Å². The van der Waals surface area contributed by atoms with Gasteiger partial charge in [0.15, 0.2) is 0 Å². The number of methoxy groups -OCH3 is 1. The van der Waals surface area contributed by atoms with Gasteiger partial charge in [-0.1, -0.05) is 12.1 Å². The van der Waals surface area contributed by atoms with Crippen LogP contribution in [0.4, 0.5) is 0 Å². The molecule has 0 spiro atoms.